The van der Waals surface area contributed by atoms with Crippen LogP contribution in [-0.2, 0) is 14.3 Å². The molecule has 0 aromatic heterocycles. The summed E-state index contributed by atoms with van der Waals surface area (Å²) in [4.78, 5) is 13.3. The molecule has 1 fully saturated rings. The molecule has 1 N–H and O–H groups in total. The van der Waals surface area contributed by atoms with Crippen molar-refractivity contribution in [2.45, 2.75) is 38.6 Å². The summed E-state index contributed by atoms with van der Waals surface area (Å²) in [6, 6.07) is 0.338. The lowest BCUT2D eigenvalue weighted by molar-refractivity contribution is -0.144. The number of carbonyl (C=O) groups excluding carboxylic acids is 1. The number of rotatable bonds is 9. The van der Waals surface area contributed by atoms with Gasteiger partial charge in [0.1, 0.15) is 0 Å². The van der Waals surface area contributed by atoms with Crippen LogP contribution < -0.4 is 0 Å². The maximum Gasteiger partial charge on any atom is 0.308 e. The van der Waals surface area contributed by atoms with Crippen molar-refractivity contribution in [3.63, 3.8) is 0 Å². The van der Waals surface area contributed by atoms with E-state index in [9.17, 15) is 4.79 Å². The van der Waals surface area contributed by atoms with Crippen molar-refractivity contribution in [2.24, 2.45) is 0 Å². The number of aliphatic hydroxyl groups is 1. The molecule has 0 aromatic rings. The van der Waals surface area contributed by atoms with E-state index in [1.807, 2.05) is 0 Å². The third kappa shape index (κ3) is 5.80. The van der Waals surface area contributed by atoms with Gasteiger partial charge in [-0.25, -0.2) is 0 Å². The van der Waals surface area contributed by atoms with Gasteiger partial charge in [-0.2, -0.15) is 0 Å². The summed E-state index contributed by atoms with van der Waals surface area (Å²) in [6.07, 6.45) is 3.55. The van der Waals surface area contributed by atoms with E-state index in [0.29, 0.717) is 32.3 Å². The molecular weight excluding hydrogens is 234 g/mol. The number of likely N-dealkylation sites (tertiary alicyclic amines) is 1. The molecule has 1 atom stereocenters. The zero-order valence-corrected chi connectivity index (χ0v) is 11.3. The molecule has 0 saturated carbocycles. The zero-order chi connectivity index (χ0) is 13.2. The Kier molecular flexibility index (Phi) is 7.96. The highest BCUT2D eigenvalue weighted by atomic mass is 16.5. The quantitative estimate of drug-likeness (QED) is 0.490. The average Bonchev–Trinajstić information content (AvgIpc) is 2.81. The molecule has 5 heteroatoms. The third-order valence-corrected chi connectivity index (χ3v) is 3.20. The van der Waals surface area contributed by atoms with Crippen LogP contribution in [0.5, 0.6) is 0 Å². The minimum atomic E-state index is -0.197. The summed E-state index contributed by atoms with van der Waals surface area (Å²) in [7, 11) is 0. The molecule has 1 rings (SSSR count). The zero-order valence-electron chi connectivity index (χ0n) is 11.3. The Balaban J connectivity index is 1.94. The van der Waals surface area contributed by atoms with E-state index >= 15 is 0 Å². The highest BCUT2D eigenvalue weighted by Gasteiger charge is 2.22. The fourth-order valence-corrected chi connectivity index (χ4v) is 2.26. The molecule has 0 aromatic carbocycles. The molecule has 0 radical (unpaired) electrons. The molecule has 0 spiro atoms. The Bertz CT molecular complexity index is 235. The van der Waals surface area contributed by atoms with Gasteiger partial charge in [0, 0.05) is 19.2 Å². The summed E-state index contributed by atoms with van der Waals surface area (Å²) in [5.41, 5.74) is 0. The number of esters is 1. The van der Waals surface area contributed by atoms with E-state index in [2.05, 4.69) is 4.90 Å². The monoisotopic (exact) mass is 259 g/mol. The van der Waals surface area contributed by atoms with Crippen LogP contribution in [0.2, 0.25) is 0 Å². The van der Waals surface area contributed by atoms with Crippen molar-refractivity contribution in [3.8, 4) is 0 Å². The molecule has 106 valence electrons. The number of hydrogen-bond donors (Lipinski definition) is 1. The maximum absolute atomic E-state index is 11.0. The number of ether oxygens (including phenoxy) is 2. The van der Waals surface area contributed by atoms with Gasteiger partial charge in [0.15, 0.2) is 0 Å². The largest absolute Gasteiger partial charge is 0.466 e. The van der Waals surface area contributed by atoms with Crippen LogP contribution in [0.25, 0.3) is 0 Å². The van der Waals surface area contributed by atoms with Crippen LogP contribution in [0.1, 0.15) is 32.6 Å². The molecule has 0 unspecified atom stereocenters. The molecule has 1 aliphatic rings. The second-order valence-corrected chi connectivity index (χ2v) is 4.54. The smallest absolute Gasteiger partial charge is 0.308 e. The first-order valence-electron chi connectivity index (χ1n) is 6.86. The predicted molar refractivity (Wildman–Crippen MR) is 68.4 cm³/mol. The number of nitrogens with zero attached hydrogens (tertiary/aromatic N) is 1. The molecule has 1 saturated heterocycles. The van der Waals surface area contributed by atoms with Gasteiger partial charge in [0.2, 0.25) is 0 Å². The summed E-state index contributed by atoms with van der Waals surface area (Å²) in [6.45, 7) is 5.61. The van der Waals surface area contributed by atoms with Crippen molar-refractivity contribution in [1.82, 2.24) is 4.90 Å². The molecule has 1 aliphatic heterocycles. The minimum Gasteiger partial charge on any atom is -0.466 e. The molecule has 18 heavy (non-hydrogen) atoms. The second-order valence-electron chi connectivity index (χ2n) is 4.54. The molecule has 0 aliphatic carbocycles. The van der Waals surface area contributed by atoms with Crippen molar-refractivity contribution in [1.29, 1.82) is 0 Å². The fraction of sp³-hybridized carbons (Fsp3) is 0.923. The van der Waals surface area contributed by atoms with E-state index in [4.69, 9.17) is 14.6 Å². The minimum absolute atomic E-state index is 0.197. The Morgan fingerprint density at radius 1 is 1.44 bits per heavy atom. The van der Waals surface area contributed by atoms with Crippen molar-refractivity contribution >= 4 is 5.97 Å². The van der Waals surface area contributed by atoms with Crippen LogP contribution >= 0.6 is 0 Å². The van der Waals surface area contributed by atoms with Crippen LogP contribution in [0.4, 0.5) is 0 Å². The van der Waals surface area contributed by atoms with Gasteiger partial charge in [-0.3, -0.25) is 9.69 Å². The van der Waals surface area contributed by atoms with Crippen LogP contribution in [-0.4, -0.2) is 61.5 Å². The Morgan fingerprint density at radius 2 is 2.28 bits per heavy atom. The summed E-state index contributed by atoms with van der Waals surface area (Å²) >= 11 is 0. The van der Waals surface area contributed by atoms with Crippen LogP contribution in [0, 0.1) is 0 Å². The Labute approximate surface area is 109 Å². The SMILES string of the molecule is CCOC(=O)CCOCCCN1CCC[C@H]1CO. The first kappa shape index (κ1) is 15.4. The lowest BCUT2D eigenvalue weighted by Crippen LogP contribution is -2.33. The number of hydrogen-bond acceptors (Lipinski definition) is 5. The van der Waals surface area contributed by atoms with Gasteiger partial charge in [-0.1, -0.05) is 0 Å². The molecule has 0 bridgehead atoms. The highest BCUT2D eigenvalue weighted by Crippen LogP contribution is 2.16. The van der Waals surface area contributed by atoms with Gasteiger partial charge in [-0.05, 0) is 32.7 Å². The summed E-state index contributed by atoms with van der Waals surface area (Å²) < 4.78 is 10.2. The Hall–Kier alpha value is -0.650. The van der Waals surface area contributed by atoms with E-state index < -0.39 is 0 Å². The number of carbonyl (C=O) groups is 1. The van der Waals surface area contributed by atoms with Gasteiger partial charge in [0.05, 0.1) is 26.2 Å². The van der Waals surface area contributed by atoms with Crippen molar-refractivity contribution < 1.29 is 19.4 Å². The van der Waals surface area contributed by atoms with Crippen molar-refractivity contribution in [3.05, 3.63) is 0 Å². The molecule has 1 heterocycles. The van der Waals surface area contributed by atoms with Crippen molar-refractivity contribution in [2.75, 3.05) is 39.5 Å². The highest BCUT2D eigenvalue weighted by molar-refractivity contribution is 5.69. The van der Waals surface area contributed by atoms with Crippen LogP contribution in [0.15, 0.2) is 0 Å². The lowest BCUT2D eigenvalue weighted by Gasteiger charge is -2.22. The van der Waals surface area contributed by atoms with E-state index in [1.54, 1.807) is 6.92 Å². The fourth-order valence-electron chi connectivity index (χ4n) is 2.26. The normalized spacial score (nSPS) is 20.2. The van der Waals surface area contributed by atoms with Gasteiger partial charge in [-0.15, -0.1) is 0 Å². The average molecular weight is 259 g/mol. The third-order valence-electron chi connectivity index (χ3n) is 3.20. The van der Waals surface area contributed by atoms with Gasteiger partial charge >= 0.3 is 5.97 Å². The first-order valence-corrected chi connectivity index (χ1v) is 6.86. The van der Waals surface area contributed by atoms with Crippen LogP contribution in [0.3, 0.4) is 0 Å². The summed E-state index contributed by atoms with van der Waals surface area (Å²) in [5, 5.41) is 9.16. The maximum atomic E-state index is 11.0. The lowest BCUT2D eigenvalue weighted by atomic mass is 10.2. The van der Waals surface area contributed by atoms with E-state index in [1.165, 1.54) is 6.42 Å². The van der Waals surface area contributed by atoms with E-state index in [0.717, 1.165) is 25.9 Å². The summed E-state index contributed by atoms with van der Waals surface area (Å²) in [5.74, 6) is -0.197. The Morgan fingerprint density at radius 3 is 3.00 bits per heavy atom. The second kappa shape index (κ2) is 9.30. The van der Waals surface area contributed by atoms with Gasteiger partial charge in [0.25, 0.3) is 0 Å². The van der Waals surface area contributed by atoms with Gasteiger partial charge < -0.3 is 14.6 Å². The molecular formula is C13H25NO4. The number of aliphatic hydroxyl groups excluding tert-OH is 1. The van der Waals surface area contributed by atoms with E-state index in [-0.39, 0.29) is 12.6 Å². The standard InChI is InChI=1S/C13H25NO4/c1-2-18-13(16)6-10-17-9-4-8-14-7-3-5-12(14)11-15/h12,15H,2-11H2,1H3/t12-/m0/s1. The topological polar surface area (TPSA) is 59.0 Å². The predicted octanol–water partition coefficient (Wildman–Crippen LogP) is 0.803. The first-order chi connectivity index (χ1) is 8.77. The molecule has 5 nitrogen and oxygen atoms in total. The molecule has 0 amide bonds.